The lowest BCUT2D eigenvalue weighted by Crippen LogP contribution is -2.68. The standard InChI is InChI=1S/C24H18ClF10N3O4/c1-10-4-11(2-3-13(10)19(39)36-16-7-38(20(16)40)9-21(27,28)29)17-8-41-22(42-37-17,24(33,34)35)14-5-12(23(30,31)32)6-15(25)18(14)26/h2-6,16,20,40H,7-9H2,1H3,(H,36,39)/t16-,20?,22+/m0/s1. The number of nitrogens with zero attached hydrogens (tertiary/aromatic N) is 2. The van der Waals surface area contributed by atoms with Gasteiger partial charge in [-0.3, -0.25) is 9.69 Å². The second-order valence-electron chi connectivity index (χ2n) is 9.42. The Morgan fingerprint density at radius 3 is 2.31 bits per heavy atom. The number of halogens is 11. The number of aliphatic hydroxyl groups excluding tert-OH is 1. The Bertz CT molecular complexity index is 1410. The number of amides is 1. The first-order chi connectivity index (χ1) is 19.2. The zero-order valence-corrected chi connectivity index (χ0v) is 21.6. The maximum atomic E-state index is 14.6. The zero-order valence-electron chi connectivity index (χ0n) is 20.9. The first-order valence-electron chi connectivity index (χ1n) is 11.7. The van der Waals surface area contributed by atoms with Gasteiger partial charge in [0.2, 0.25) is 0 Å². The van der Waals surface area contributed by atoms with E-state index in [1.54, 1.807) is 0 Å². The van der Waals surface area contributed by atoms with E-state index in [1.807, 2.05) is 0 Å². The maximum Gasteiger partial charge on any atom is 0.463 e. The molecular weight excluding hydrogens is 620 g/mol. The number of hydrogen-bond donors (Lipinski definition) is 2. The van der Waals surface area contributed by atoms with Crippen molar-refractivity contribution in [3.8, 4) is 0 Å². The van der Waals surface area contributed by atoms with Crippen LogP contribution in [0.5, 0.6) is 0 Å². The number of hydrogen-bond acceptors (Lipinski definition) is 6. The number of ether oxygens (including phenoxy) is 1. The van der Waals surface area contributed by atoms with Crippen molar-refractivity contribution in [1.82, 2.24) is 10.2 Å². The van der Waals surface area contributed by atoms with E-state index in [4.69, 9.17) is 16.3 Å². The monoisotopic (exact) mass is 637 g/mol. The Morgan fingerprint density at radius 1 is 1.14 bits per heavy atom. The average Bonchev–Trinajstić information content (AvgIpc) is 2.87. The zero-order chi connectivity index (χ0) is 31.4. The molecule has 18 heteroatoms. The highest BCUT2D eigenvalue weighted by molar-refractivity contribution is 6.30. The number of benzene rings is 2. The molecule has 0 radical (unpaired) electrons. The molecule has 2 aromatic rings. The van der Waals surface area contributed by atoms with E-state index in [1.165, 1.54) is 25.1 Å². The van der Waals surface area contributed by atoms with Crippen LogP contribution >= 0.6 is 11.6 Å². The molecular formula is C24H18ClF10N3O4. The fourth-order valence-electron chi connectivity index (χ4n) is 4.31. The number of alkyl halides is 9. The summed E-state index contributed by atoms with van der Waals surface area (Å²) in [6.45, 7) is -1.25. The van der Waals surface area contributed by atoms with Crippen molar-refractivity contribution in [3.63, 3.8) is 0 Å². The summed E-state index contributed by atoms with van der Waals surface area (Å²) in [6.07, 6.45) is -16.9. The van der Waals surface area contributed by atoms with Crippen molar-refractivity contribution >= 4 is 23.2 Å². The molecule has 1 saturated heterocycles. The molecule has 1 fully saturated rings. The third-order valence-electron chi connectivity index (χ3n) is 6.45. The molecule has 230 valence electrons. The SMILES string of the molecule is Cc1cc(C2=NO[C@](c3cc(C(F)(F)F)cc(Cl)c3F)(C(F)(F)F)OC2)ccc1C(=O)N[C@H]1CN(CC(F)(F)F)C1O. The summed E-state index contributed by atoms with van der Waals surface area (Å²) in [7, 11) is 0. The van der Waals surface area contributed by atoms with Gasteiger partial charge in [0.15, 0.2) is 5.82 Å². The van der Waals surface area contributed by atoms with Crippen molar-refractivity contribution in [2.75, 3.05) is 19.7 Å². The topological polar surface area (TPSA) is 83.4 Å². The summed E-state index contributed by atoms with van der Waals surface area (Å²) in [5, 5.41) is 14.3. The van der Waals surface area contributed by atoms with Gasteiger partial charge >= 0.3 is 24.3 Å². The molecule has 0 bridgehead atoms. The fraction of sp³-hybridized carbons (Fsp3) is 0.417. The van der Waals surface area contributed by atoms with Crippen LogP contribution in [0.25, 0.3) is 0 Å². The molecule has 2 heterocycles. The first-order valence-corrected chi connectivity index (χ1v) is 12.0. The number of aliphatic hydroxyl groups is 1. The first kappa shape index (κ1) is 31.8. The van der Waals surface area contributed by atoms with E-state index in [2.05, 4.69) is 15.3 Å². The number of carbonyl (C=O) groups excluding carboxylic acids is 1. The summed E-state index contributed by atoms with van der Waals surface area (Å²) in [5.74, 6) is -6.71. The fourth-order valence-corrected chi connectivity index (χ4v) is 4.53. The summed E-state index contributed by atoms with van der Waals surface area (Å²) in [5.41, 5.74) is -3.42. The summed E-state index contributed by atoms with van der Waals surface area (Å²) in [6, 6.07) is 2.65. The van der Waals surface area contributed by atoms with Crippen LogP contribution in [0, 0.1) is 12.7 Å². The van der Waals surface area contributed by atoms with Crippen LogP contribution in [0.15, 0.2) is 35.5 Å². The Morgan fingerprint density at radius 2 is 1.81 bits per heavy atom. The van der Waals surface area contributed by atoms with Crippen LogP contribution in [0.4, 0.5) is 43.9 Å². The predicted octanol–water partition coefficient (Wildman–Crippen LogP) is 5.27. The van der Waals surface area contributed by atoms with Gasteiger partial charge in [0.1, 0.15) is 11.9 Å². The highest BCUT2D eigenvalue weighted by Crippen LogP contribution is 2.48. The molecule has 1 unspecified atom stereocenters. The van der Waals surface area contributed by atoms with E-state index in [9.17, 15) is 53.8 Å². The molecule has 7 nitrogen and oxygen atoms in total. The average molecular weight is 638 g/mol. The lowest BCUT2D eigenvalue weighted by molar-refractivity contribution is -0.395. The number of aryl methyl sites for hydroxylation is 1. The van der Waals surface area contributed by atoms with Gasteiger partial charge in [0, 0.05) is 17.7 Å². The molecule has 42 heavy (non-hydrogen) atoms. The van der Waals surface area contributed by atoms with Crippen LogP contribution in [0.2, 0.25) is 5.02 Å². The molecule has 2 aliphatic rings. The highest BCUT2D eigenvalue weighted by Gasteiger charge is 2.64. The van der Waals surface area contributed by atoms with E-state index >= 15 is 0 Å². The predicted molar refractivity (Wildman–Crippen MR) is 124 cm³/mol. The molecule has 4 rings (SSSR count). The van der Waals surface area contributed by atoms with Gasteiger partial charge in [-0.05, 0) is 36.8 Å². The van der Waals surface area contributed by atoms with Gasteiger partial charge in [0.25, 0.3) is 5.91 Å². The Labute approximate surface area is 234 Å². The van der Waals surface area contributed by atoms with Crippen molar-refractivity contribution in [3.05, 3.63) is 69.0 Å². The van der Waals surface area contributed by atoms with Gasteiger partial charge in [-0.2, -0.15) is 39.5 Å². The summed E-state index contributed by atoms with van der Waals surface area (Å²) < 4.78 is 139. The van der Waals surface area contributed by atoms with Crippen molar-refractivity contribution in [2.24, 2.45) is 5.16 Å². The van der Waals surface area contributed by atoms with E-state index in [0.29, 0.717) is 4.90 Å². The van der Waals surface area contributed by atoms with Gasteiger partial charge in [-0.15, -0.1) is 0 Å². The van der Waals surface area contributed by atoms with Crippen LogP contribution in [-0.4, -0.2) is 65.9 Å². The number of oxime groups is 1. The van der Waals surface area contributed by atoms with Gasteiger partial charge < -0.3 is 20.0 Å². The van der Waals surface area contributed by atoms with Crippen molar-refractivity contribution in [2.45, 2.75) is 43.5 Å². The molecule has 2 aliphatic heterocycles. The number of nitrogens with one attached hydrogen (secondary N) is 1. The second kappa shape index (κ2) is 10.8. The van der Waals surface area contributed by atoms with Crippen molar-refractivity contribution < 1.29 is 63.4 Å². The Hall–Kier alpha value is -3.15. The summed E-state index contributed by atoms with van der Waals surface area (Å²) in [4.78, 5) is 17.8. The lowest BCUT2D eigenvalue weighted by atomic mass is 9.99. The van der Waals surface area contributed by atoms with Crippen LogP contribution in [0.1, 0.15) is 32.6 Å². The molecule has 1 amide bonds. The van der Waals surface area contributed by atoms with E-state index in [0.717, 1.165) is 0 Å². The van der Waals surface area contributed by atoms with Crippen molar-refractivity contribution in [1.29, 1.82) is 0 Å². The van der Waals surface area contributed by atoms with E-state index < -0.39 is 77.6 Å². The molecule has 0 aliphatic carbocycles. The Balaban J connectivity index is 1.55. The number of carbonyl (C=O) groups is 1. The maximum absolute atomic E-state index is 14.6. The lowest BCUT2D eigenvalue weighted by Gasteiger charge is -2.45. The minimum atomic E-state index is -5.63. The largest absolute Gasteiger partial charge is 0.463 e. The van der Waals surface area contributed by atoms with Gasteiger partial charge in [0.05, 0.1) is 35.3 Å². The van der Waals surface area contributed by atoms with Gasteiger partial charge in [-0.25, -0.2) is 4.39 Å². The normalized spacial score (nSPS) is 23.6. The summed E-state index contributed by atoms with van der Waals surface area (Å²) >= 11 is 5.44. The quantitative estimate of drug-likeness (QED) is 0.437. The molecule has 0 aromatic heterocycles. The third-order valence-corrected chi connectivity index (χ3v) is 6.72. The minimum absolute atomic E-state index is 0.00350. The highest BCUT2D eigenvalue weighted by atomic mass is 35.5. The smallest absolute Gasteiger partial charge is 0.376 e. The number of likely N-dealkylation sites (tertiary alicyclic amines) is 1. The van der Waals surface area contributed by atoms with Crippen LogP contribution in [-0.2, 0) is 21.5 Å². The van der Waals surface area contributed by atoms with Crippen LogP contribution < -0.4 is 5.32 Å². The minimum Gasteiger partial charge on any atom is -0.376 e. The number of rotatable bonds is 5. The van der Waals surface area contributed by atoms with E-state index in [-0.39, 0.29) is 41.1 Å². The second-order valence-corrected chi connectivity index (χ2v) is 9.82. The molecule has 2 aromatic carbocycles. The molecule has 3 atom stereocenters. The molecule has 0 saturated carbocycles. The Kier molecular flexibility index (Phi) is 8.20. The van der Waals surface area contributed by atoms with Crippen LogP contribution in [0.3, 0.4) is 0 Å². The van der Waals surface area contributed by atoms with Gasteiger partial charge in [-0.1, -0.05) is 22.8 Å². The third kappa shape index (κ3) is 6.14. The molecule has 0 spiro atoms. The molecule has 2 N–H and O–H groups in total.